The van der Waals surface area contributed by atoms with Gasteiger partial charge in [-0.2, -0.15) is 0 Å². The van der Waals surface area contributed by atoms with E-state index >= 15 is 0 Å². The van der Waals surface area contributed by atoms with Crippen LogP contribution in [-0.4, -0.2) is 13.2 Å². The highest BCUT2D eigenvalue weighted by Gasteiger charge is 1.94. The van der Waals surface area contributed by atoms with Gasteiger partial charge in [0.25, 0.3) is 0 Å². The summed E-state index contributed by atoms with van der Waals surface area (Å²) in [5.41, 5.74) is 6.23. The van der Waals surface area contributed by atoms with Crippen LogP contribution in [0.1, 0.15) is 0 Å². The Hall–Kier alpha value is -0.990. The van der Waals surface area contributed by atoms with Gasteiger partial charge in [-0.25, -0.2) is 0 Å². The van der Waals surface area contributed by atoms with Gasteiger partial charge in [-0.05, 0) is 29.8 Å². The normalized spacial score (nSPS) is 9.69. The zero-order valence-electron chi connectivity index (χ0n) is 7.29. The van der Waals surface area contributed by atoms with Crippen molar-refractivity contribution in [1.82, 2.24) is 0 Å². The second kappa shape index (κ2) is 4.90. The Labute approximate surface area is 83.0 Å². The Morgan fingerprint density at radius 2 is 2.00 bits per heavy atom. The number of ether oxygens (including phenoxy) is 1. The van der Waals surface area contributed by atoms with Crippen molar-refractivity contribution in [2.75, 3.05) is 13.2 Å². The zero-order valence-corrected chi connectivity index (χ0v) is 8.05. The van der Waals surface area contributed by atoms with Crippen molar-refractivity contribution < 1.29 is 4.74 Å². The lowest BCUT2D eigenvalue weighted by atomic mass is 10.3. The smallest absolute Gasteiger partial charge is 0.119 e. The standard InChI is InChI=1S/C10H12ClNO/c1-8(6-12)7-13-10-4-2-9(11)3-5-10/h2-5H,1,6-7,12H2. The quantitative estimate of drug-likeness (QED) is 0.752. The number of nitrogens with two attached hydrogens (primary N) is 1. The molecule has 0 spiro atoms. The van der Waals surface area contributed by atoms with Gasteiger partial charge >= 0.3 is 0 Å². The molecular weight excluding hydrogens is 186 g/mol. The fourth-order valence-electron chi connectivity index (χ4n) is 0.775. The highest BCUT2D eigenvalue weighted by atomic mass is 35.5. The van der Waals surface area contributed by atoms with Crippen LogP contribution in [0.2, 0.25) is 5.02 Å². The van der Waals surface area contributed by atoms with Crippen molar-refractivity contribution in [3.8, 4) is 5.75 Å². The molecule has 0 fully saturated rings. The third kappa shape index (κ3) is 3.49. The lowest BCUT2D eigenvalue weighted by molar-refractivity contribution is 0.351. The van der Waals surface area contributed by atoms with Crippen molar-refractivity contribution in [2.24, 2.45) is 5.73 Å². The van der Waals surface area contributed by atoms with E-state index in [0.29, 0.717) is 18.2 Å². The first-order valence-electron chi connectivity index (χ1n) is 3.97. The fraction of sp³-hybridized carbons (Fsp3) is 0.200. The lowest BCUT2D eigenvalue weighted by Gasteiger charge is -2.06. The molecule has 0 aliphatic rings. The first kappa shape index (κ1) is 10.1. The molecule has 0 unspecified atom stereocenters. The average Bonchev–Trinajstić information content (AvgIpc) is 2.16. The maximum absolute atomic E-state index is 5.71. The average molecular weight is 198 g/mol. The number of rotatable bonds is 4. The Morgan fingerprint density at radius 3 is 2.54 bits per heavy atom. The van der Waals surface area contributed by atoms with Gasteiger partial charge in [-0.3, -0.25) is 0 Å². The first-order chi connectivity index (χ1) is 6.22. The highest BCUT2D eigenvalue weighted by molar-refractivity contribution is 6.30. The molecule has 0 amide bonds. The minimum Gasteiger partial charge on any atom is -0.489 e. The van der Waals surface area contributed by atoms with Crippen molar-refractivity contribution in [2.45, 2.75) is 0 Å². The second-order valence-corrected chi connectivity index (χ2v) is 3.13. The Bertz CT molecular complexity index is 281. The van der Waals surface area contributed by atoms with E-state index < -0.39 is 0 Å². The van der Waals surface area contributed by atoms with Crippen molar-refractivity contribution >= 4 is 11.6 Å². The van der Waals surface area contributed by atoms with Gasteiger partial charge in [-0.1, -0.05) is 18.2 Å². The van der Waals surface area contributed by atoms with Crippen molar-refractivity contribution in [3.63, 3.8) is 0 Å². The van der Waals surface area contributed by atoms with E-state index in [9.17, 15) is 0 Å². The minimum atomic E-state index is 0.452. The molecule has 1 aromatic carbocycles. The lowest BCUT2D eigenvalue weighted by Crippen LogP contribution is -2.09. The largest absolute Gasteiger partial charge is 0.489 e. The molecule has 0 aliphatic heterocycles. The van der Waals surface area contributed by atoms with Gasteiger partial charge in [0.2, 0.25) is 0 Å². The molecule has 0 aliphatic carbocycles. The predicted octanol–water partition coefficient (Wildman–Crippen LogP) is 2.23. The summed E-state index contributed by atoms with van der Waals surface area (Å²) in [5.74, 6) is 0.777. The summed E-state index contributed by atoms with van der Waals surface area (Å²) in [7, 11) is 0. The molecule has 70 valence electrons. The molecule has 0 heterocycles. The van der Waals surface area contributed by atoms with E-state index in [1.165, 1.54) is 0 Å². The van der Waals surface area contributed by atoms with Crippen LogP contribution in [0.5, 0.6) is 5.75 Å². The summed E-state index contributed by atoms with van der Waals surface area (Å²) in [6, 6.07) is 7.18. The number of hydrogen-bond acceptors (Lipinski definition) is 2. The Kier molecular flexibility index (Phi) is 3.80. The van der Waals surface area contributed by atoms with Crippen LogP contribution < -0.4 is 10.5 Å². The third-order valence-electron chi connectivity index (χ3n) is 1.55. The molecule has 2 nitrogen and oxygen atoms in total. The topological polar surface area (TPSA) is 35.2 Å². The second-order valence-electron chi connectivity index (χ2n) is 2.70. The van der Waals surface area contributed by atoms with Gasteiger partial charge in [0.05, 0.1) is 0 Å². The van der Waals surface area contributed by atoms with E-state index in [1.807, 2.05) is 12.1 Å². The molecule has 0 atom stereocenters. The zero-order chi connectivity index (χ0) is 9.68. The van der Waals surface area contributed by atoms with Gasteiger partial charge < -0.3 is 10.5 Å². The van der Waals surface area contributed by atoms with Crippen molar-refractivity contribution in [1.29, 1.82) is 0 Å². The highest BCUT2D eigenvalue weighted by Crippen LogP contribution is 2.15. The summed E-state index contributed by atoms with van der Waals surface area (Å²) in [5, 5.41) is 0.699. The molecular formula is C10H12ClNO. The molecule has 3 heteroatoms. The summed E-state index contributed by atoms with van der Waals surface area (Å²) in [6.07, 6.45) is 0. The van der Waals surface area contributed by atoms with E-state index in [4.69, 9.17) is 22.1 Å². The van der Waals surface area contributed by atoms with Gasteiger partial charge in [-0.15, -0.1) is 0 Å². The van der Waals surface area contributed by atoms with Gasteiger partial charge in [0.15, 0.2) is 0 Å². The number of halogens is 1. The van der Waals surface area contributed by atoms with Crippen LogP contribution in [0.4, 0.5) is 0 Å². The van der Waals surface area contributed by atoms with E-state index in [0.717, 1.165) is 11.3 Å². The van der Waals surface area contributed by atoms with E-state index in [2.05, 4.69) is 6.58 Å². The summed E-state index contributed by atoms with van der Waals surface area (Å²) in [6.45, 7) is 4.64. The van der Waals surface area contributed by atoms with Crippen LogP contribution in [0.3, 0.4) is 0 Å². The Morgan fingerprint density at radius 1 is 1.38 bits per heavy atom. The van der Waals surface area contributed by atoms with Gasteiger partial charge in [0, 0.05) is 11.6 Å². The molecule has 1 aromatic rings. The maximum atomic E-state index is 5.71. The molecule has 13 heavy (non-hydrogen) atoms. The summed E-state index contributed by atoms with van der Waals surface area (Å²) >= 11 is 5.71. The molecule has 2 N–H and O–H groups in total. The monoisotopic (exact) mass is 197 g/mol. The number of benzene rings is 1. The molecule has 0 saturated carbocycles. The number of hydrogen-bond donors (Lipinski definition) is 1. The van der Waals surface area contributed by atoms with Crippen LogP contribution in [0, 0.1) is 0 Å². The molecule has 0 radical (unpaired) electrons. The van der Waals surface area contributed by atoms with Crippen LogP contribution in [-0.2, 0) is 0 Å². The Balaban J connectivity index is 2.46. The van der Waals surface area contributed by atoms with Crippen LogP contribution in [0.25, 0.3) is 0 Å². The van der Waals surface area contributed by atoms with E-state index in [-0.39, 0.29) is 0 Å². The summed E-state index contributed by atoms with van der Waals surface area (Å²) < 4.78 is 5.38. The predicted molar refractivity (Wildman–Crippen MR) is 55.1 cm³/mol. The fourth-order valence-corrected chi connectivity index (χ4v) is 0.901. The molecule has 0 bridgehead atoms. The molecule has 0 saturated heterocycles. The van der Waals surface area contributed by atoms with E-state index in [1.54, 1.807) is 12.1 Å². The SMILES string of the molecule is C=C(CN)COc1ccc(Cl)cc1. The summed E-state index contributed by atoms with van der Waals surface area (Å²) in [4.78, 5) is 0. The maximum Gasteiger partial charge on any atom is 0.119 e. The third-order valence-corrected chi connectivity index (χ3v) is 1.80. The van der Waals surface area contributed by atoms with Gasteiger partial charge in [0.1, 0.15) is 12.4 Å². The van der Waals surface area contributed by atoms with Crippen molar-refractivity contribution in [3.05, 3.63) is 41.4 Å². The molecule has 0 aromatic heterocycles. The van der Waals surface area contributed by atoms with Crippen LogP contribution in [0.15, 0.2) is 36.4 Å². The van der Waals surface area contributed by atoms with Crippen LogP contribution >= 0.6 is 11.6 Å². The minimum absolute atomic E-state index is 0.452. The molecule has 1 rings (SSSR count). The first-order valence-corrected chi connectivity index (χ1v) is 4.35.